The second-order valence-electron chi connectivity index (χ2n) is 5.79. The molecule has 0 amide bonds. The van der Waals surface area contributed by atoms with Crippen LogP contribution in [0.1, 0.15) is 32.6 Å². The smallest absolute Gasteiger partial charge is 0.418 e. The lowest BCUT2D eigenvalue weighted by atomic mass is 10.1. The molecule has 0 saturated heterocycles. The number of benzene rings is 1. The molecule has 1 aromatic carbocycles. The van der Waals surface area contributed by atoms with Crippen molar-refractivity contribution >= 4 is 17.0 Å². The molecular formula is C16H21NO4. The molecule has 0 atom stereocenters. The molecule has 0 bridgehead atoms. The summed E-state index contributed by atoms with van der Waals surface area (Å²) in [6.45, 7) is 5.53. The van der Waals surface area contributed by atoms with Gasteiger partial charge in [0.25, 0.3) is 0 Å². The van der Waals surface area contributed by atoms with Gasteiger partial charge in [-0.3, -0.25) is 4.57 Å². The van der Waals surface area contributed by atoms with Gasteiger partial charge >= 0.3 is 6.09 Å². The number of fused-ring (bicyclic) bond motifs is 1. The molecule has 5 heteroatoms. The lowest BCUT2D eigenvalue weighted by molar-refractivity contribution is -0.105. The predicted octanol–water partition coefficient (Wildman–Crippen LogP) is 3.72. The van der Waals surface area contributed by atoms with Gasteiger partial charge in [-0.1, -0.05) is 6.07 Å². The average molecular weight is 291 g/mol. The number of hydrogen-bond acceptors (Lipinski definition) is 4. The van der Waals surface area contributed by atoms with Gasteiger partial charge in [-0.25, -0.2) is 4.79 Å². The van der Waals surface area contributed by atoms with Gasteiger partial charge in [0.15, 0.2) is 6.29 Å². The summed E-state index contributed by atoms with van der Waals surface area (Å²) in [6, 6.07) is 7.54. The van der Waals surface area contributed by atoms with Crippen molar-refractivity contribution in [1.29, 1.82) is 0 Å². The monoisotopic (exact) mass is 291 g/mol. The molecule has 0 aliphatic carbocycles. The Morgan fingerprint density at radius 3 is 2.38 bits per heavy atom. The number of aromatic nitrogens is 1. The largest absolute Gasteiger partial charge is 0.443 e. The van der Waals surface area contributed by atoms with Gasteiger partial charge < -0.3 is 14.2 Å². The molecule has 0 spiro atoms. The summed E-state index contributed by atoms with van der Waals surface area (Å²) in [6.07, 6.45) is 0.900. The number of carbonyl (C=O) groups is 1. The number of ether oxygens (including phenoxy) is 3. The molecule has 0 aliphatic heterocycles. The van der Waals surface area contributed by atoms with E-state index in [2.05, 4.69) is 0 Å². The van der Waals surface area contributed by atoms with Gasteiger partial charge in [-0.05, 0) is 39.0 Å². The molecule has 2 aromatic rings. The van der Waals surface area contributed by atoms with Crippen molar-refractivity contribution in [1.82, 2.24) is 4.57 Å². The average Bonchev–Trinajstić information content (AvgIpc) is 2.81. The Hall–Kier alpha value is -1.85. The summed E-state index contributed by atoms with van der Waals surface area (Å²) in [4.78, 5) is 12.2. The quantitative estimate of drug-likeness (QED) is 0.809. The predicted molar refractivity (Wildman–Crippen MR) is 80.3 cm³/mol. The maximum Gasteiger partial charge on any atom is 0.418 e. The van der Waals surface area contributed by atoms with E-state index < -0.39 is 11.9 Å². The Balaban J connectivity index is 2.35. The Kier molecular flexibility index (Phi) is 4.34. The minimum atomic E-state index is -0.523. The molecule has 5 nitrogen and oxygen atoms in total. The molecule has 1 heterocycles. The second kappa shape index (κ2) is 5.87. The first-order valence-electron chi connectivity index (χ1n) is 6.75. The maximum atomic E-state index is 12.2. The highest BCUT2D eigenvalue weighted by Gasteiger charge is 2.19. The van der Waals surface area contributed by atoms with Crippen molar-refractivity contribution in [2.45, 2.75) is 32.7 Å². The Bertz CT molecular complexity index is 635. The first-order chi connectivity index (χ1) is 9.85. The first-order valence-corrected chi connectivity index (χ1v) is 6.75. The van der Waals surface area contributed by atoms with E-state index in [0.717, 1.165) is 16.5 Å². The van der Waals surface area contributed by atoms with Crippen molar-refractivity contribution in [3.63, 3.8) is 0 Å². The summed E-state index contributed by atoms with van der Waals surface area (Å²) >= 11 is 0. The number of nitrogens with zero attached hydrogens (tertiary/aromatic N) is 1. The summed E-state index contributed by atoms with van der Waals surface area (Å²) < 4.78 is 17.4. The molecular weight excluding hydrogens is 270 g/mol. The van der Waals surface area contributed by atoms with Crippen LogP contribution >= 0.6 is 0 Å². The first kappa shape index (κ1) is 15.5. The SMILES string of the molecule is COC(OC)c1ccc2c(ccn2C(=O)OC(C)(C)C)c1. The van der Waals surface area contributed by atoms with Crippen molar-refractivity contribution < 1.29 is 19.0 Å². The van der Waals surface area contributed by atoms with E-state index in [1.165, 1.54) is 4.57 Å². The van der Waals surface area contributed by atoms with E-state index in [1.54, 1.807) is 20.4 Å². The van der Waals surface area contributed by atoms with E-state index in [9.17, 15) is 4.79 Å². The number of hydrogen-bond donors (Lipinski definition) is 0. The fraction of sp³-hybridized carbons (Fsp3) is 0.438. The van der Waals surface area contributed by atoms with Crippen LogP contribution in [0.4, 0.5) is 4.79 Å². The van der Waals surface area contributed by atoms with Crippen molar-refractivity contribution in [3.8, 4) is 0 Å². The maximum absolute atomic E-state index is 12.2. The van der Waals surface area contributed by atoms with Crippen molar-refractivity contribution in [2.75, 3.05) is 14.2 Å². The van der Waals surface area contributed by atoms with Crippen molar-refractivity contribution in [3.05, 3.63) is 36.0 Å². The molecule has 1 aromatic heterocycles. The third kappa shape index (κ3) is 3.43. The van der Waals surface area contributed by atoms with Gasteiger partial charge in [0.05, 0.1) is 5.52 Å². The van der Waals surface area contributed by atoms with E-state index in [4.69, 9.17) is 14.2 Å². The number of methoxy groups -OCH3 is 2. The highest BCUT2D eigenvalue weighted by Crippen LogP contribution is 2.24. The molecule has 2 rings (SSSR count). The molecule has 21 heavy (non-hydrogen) atoms. The second-order valence-corrected chi connectivity index (χ2v) is 5.79. The Labute approximate surface area is 124 Å². The highest BCUT2D eigenvalue weighted by atomic mass is 16.7. The van der Waals surface area contributed by atoms with Crippen LogP contribution in [0.5, 0.6) is 0 Å². The van der Waals surface area contributed by atoms with Crippen LogP contribution in [0.15, 0.2) is 30.5 Å². The fourth-order valence-corrected chi connectivity index (χ4v) is 2.15. The van der Waals surface area contributed by atoms with Crippen LogP contribution in [0.3, 0.4) is 0 Å². The lowest BCUT2D eigenvalue weighted by Gasteiger charge is -2.20. The van der Waals surface area contributed by atoms with Gasteiger partial charge in [0.1, 0.15) is 5.60 Å². The minimum absolute atomic E-state index is 0.389. The standard InChI is InChI=1S/C16H21NO4/c1-16(2,3)21-15(18)17-9-8-11-10-12(6-7-13(11)17)14(19-4)20-5/h6-10,14H,1-5H3. The van der Waals surface area contributed by atoms with Gasteiger partial charge in [0, 0.05) is 31.4 Å². The molecule has 0 aliphatic rings. The zero-order valence-corrected chi connectivity index (χ0v) is 13.0. The van der Waals surface area contributed by atoms with Crippen molar-refractivity contribution in [2.24, 2.45) is 0 Å². The summed E-state index contributed by atoms with van der Waals surface area (Å²) in [5.41, 5.74) is 1.17. The Morgan fingerprint density at radius 2 is 1.81 bits per heavy atom. The third-order valence-corrected chi connectivity index (χ3v) is 3.00. The number of carbonyl (C=O) groups excluding carboxylic acids is 1. The zero-order valence-electron chi connectivity index (χ0n) is 13.0. The van der Waals surface area contributed by atoms with E-state index in [-0.39, 0.29) is 6.09 Å². The highest BCUT2D eigenvalue weighted by molar-refractivity contribution is 5.89. The summed E-state index contributed by atoms with van der Waals surface area (Å²) in [5, 5.41) is 0.928. The van der Waals surface area contributed by atoms with Gasteiger partial charge in [0.2, 0.25) is 0 Å². The number of rotatable bonds is 3. The van der Waals surface area contributed by atoms with E-state index >= 15 is 0 Å². The molecule has 0 fully saturated rings. The fourth-order valence-electron chi connectivity index (χ4n) is 2.15. The zero-order chi connectivity index (χ0) is 15.6. The minimum Gasteiger partial charge on any atom is -0.443 e. The topological polar surface area (TPSA) is 49.7 Å². The molecule has 0 radical (unpaired) electrons. The van der Waals surface area contributed by atoms with Gasteiger partial charge in [-0.2, -0.15) is 0 Å². The van der Waals surface area contributed by atoms with Crippen LogP contribution in [0, 0.1) is 0 Å². The summed E-state index contributed by atoms with van der Waals surface area (Å²) in [5.74, 6) is 0. The normalized spacial score (nSPS) is 12.1. The van der Waals surface area contributed by atoms with Crippen LogP contribution in [-0.2, 0) is 14.2 Å². The van der Waals surface area contributed by atoms with E-state index in [0.29, 0.717) is 0 Å². The molecule has 0 N–H and O–H groups in total. The molecule has 0 saturated carbocycles. The lowest BCUT2D eigenvalue weighted by Crippen LogP contribution is -2.26. The summed E-state index contributed by atoms with van der Waals surface area (Å²) in [7, 11) is 3.18. The third-order valence-electron chi connectivity index (χ3n) is 3.00. The van der Waals surface area contributed by atoms with Crippen LogP contribution in [-0.4, -0.2) is 30.5 Å². The van der Waals surface area contributed by atoms with Crippen LogP contribution < -0.4 is 0 Å². The van der Waals surface area contributed by atoms with Crippen LogP contribution in [0.2, 0.25) is 0 Å². The van der Waals surface area contributed by atoms with E-state index in [1.807, 2.05) is 45.0 Å². The molecule has 114 valence electrons. The van der Waals surface area contributed by atoms with Gasteiger partial charge in [-0.15, -0.1) is 0 Å². The Morgan fingerprint density at radius 1 is 1.14 bits per heavy atom. The van der Waals surface area contributed by atoms with Crippen LogP contribution in [0.25, 0.3) is 10.9 Å². The molecule has 0 unspecified atom stereocenters.